The van der Waals surface area contributed by atoms with Crippen molar-refractivity contribution < 1.29 is 4.79 Å². The van der Waals surface area contributed by atoms with Crippen molar-refractivity contribution in [3.05, 3.63) is 0 Å². The molecule has 0 aliphatic carbocycles. The van der Waals surface area contributed by atoms with Gasteiger partial charge in [-0.15, -0.1) is 0 Å². The molecule has 0 bridgehead atoms. The number of amides is 1. The average Bonchev–Trinajstić information content (AvgIpc) is 2.11. The van der Waals surface area contributed by atoms with Crippen LogP contribution in [0.5, 0.6) is 0 Å². The van der Waals surface area contributed by atoms with E-state index in [1.54, 1.807) is 0 Å². The minimum Gasteiger partial charge on any atom is -0.338 e. The first kappa shape index (κ1) is 12.5. The molecule has 1 heterocycles. The summed E-state index contributed by atoms with van der Waals surface area (Å²) in [7, 11) is 0. The summed E-state index contributed by atoms with van der Waals surface area (Å²) in [6.07, 6.45) is 0.877. The van der Waals surface area contributed by atoms with Crippen LogP contribution in [0.4, 0.5) is 0 Å². The molecule has 3 heteroatoms. The van der Waals surface area contributed by atoms with Gasteiger partial charge in [0.25, 0.3) is 0 Å². The van der Waals surface area contributed by atoms with Crippen LogP contribution in [0.15, 0.2) is 0 Å². The van der Waals surface area contributed by atoms with Gasteiger partial charge in [0.05, 0.1) is 5.54 Å². The standard InChI is InChI=1S/C12H24N2O/c1-6-11(4,5)10(15)14-7-12(13,8-14)9(2)3/h9H,6-8,13H2,1-5H3. The van der Waals surface area contributed by atoms with Crippen molar-refractivity contribution in [3.8, 4) is 0 Å². The van der Waals surface area contributed by atoms with Crippen molar-refractivity contribution in [2.75, 3.05) is 13.1 Å². The fourth-order valence-corrected chi connectivity index (χ4v) is 1.75. The van der Waals surface area contributed by atoms with E-state index in [0.717, 1.165) is 6.42 Å². The van der Waals surface area contributed by atoms with Crippen molar-refractivity contribution in [2.24, 2.45) is 17.1 Å². The summed E-state index contributed by atoms with van der Waals surface area (Å²) < 4.78 is 0. The second-order valence-electron chi connectivity index (χ2n) is 5.79. The molecule has 0 aromatic heterocycles. The molecule has 0 saturated carbocycles. The van der Waals surface area contributed by atoms with Crippen molar-refractivity contribution in [1.82, 2.24) is 4.90 Å². The van der Waals surface area contributed by atoms with Gasteiger partial charge in [0.2, 0.25) is 5.91 Å². The molecule has 0 radical (unpaired) electrons. The summed E-state index contributed by atoms with van der Waals surface area (Å²) in [5.41, 5.74) is 5.77. The van der Waals surface area contributed by atoms with E-state index in [1.807, 2.05) is 18.7 Å². The van der Waals surface area contributed by atoms with Gasteiger partial charge in [0.15, 0.2) is 0 Å². The molecule has 0 spiro atoms. The zero-order valence-corrected chi connectivity index (χ0v) is 10.6. The molecule has 2 N–H and O–H groups in total. The maximum atomic E-state index is 12.1. The third-order valence-electron chi connectivity index (χ3n) is 3.87. The van der Waals surface area contributed by atoms with Gasteiger partial charge in [-0.25, -0.2) is 0 Å². The van der Waals surface area contributed by atoms with E-state index >= 15 is 0 Å². The zero-order valence-electron chi connectivity index (χ0n) is 10.6. The molecule has 1 fully saturated rings. The molecule has 1 amide bonds. The quantitative estimate of drug-likeness (QED) is 0.772. The monoisotopic (exact) mass is 212 g/mol. The third kappa shape index (κ3) is 2.17. The number of nitrogens with zero attached hydrogens (tertiary/aromatic N) is 1. The van der Waals surface area contributed by atoms with Crippen LogP contribution >= 0.6 is 0 Å². The minimum atomic E-state index is -0.238. The van der Waals surface area contributed by atoms with Gasteiger partial charge in [-0.1, -0.05) is 34.6 Å². The summed E-state index contributed by atoms with van der Waals surface area (Å²) in [4.78, 5) is 14.0. The smallest absolute Gasteiger partial charge is 0.228 e. The van der Waals surface area contributed by atoms with E-state index in [9.17, 15) is 4.79 Å². The van der Waals surface area contributed by atoms with Crippen molar-refractivity contribution in [3.63, 3.8) is 0 Å². The Kier molecular flexibility index (Phi) is 3.15. The maximum Gasteiger partial charge on any atom is 0.228 e. The molecule has 0 aromatic carbocycles. The normalized spacial score (nSPS) is 20.3. The van der Waals surface area contributed by atoms with E-state index in [0.29, 0.717) is 19.0 Å². The highest BCUT2D eigenvalue weighted by Crippen LogP contribution is 2.31. The fourth-order valence-electron chi connectivity index (χ4n) is 1.75. The summed E-state index contributed by atoms with van der Waals surface area (Å²) in [5.74, 6) is 0.679. The van der Waals surface area contributed by atoms with E-state index in [1.165, 1.54) is 0 Å². The van der Waals surface area contributed by atoms with E-state index in [2.05, 4.69) is 20.8 Å². The lowest BCUT2D eigenvalue weighted by Gasteiger charge is -2.52. The van der Waals surface area contributed by atoms with Gasteiger partial charge >= 0.3 is 0 Å². The first-order valence-corrected chi connectivity index (χ1v) is 5.81. The molecule has 15 heavy (non-hydrogen) atoms. The summed E-state index contributed by atoms with van der Waals surface area (Å²) in [6.45, 7) is 11.7. The van der Waals surface area contributed by atoms with E-state index in [4.69, 9.17) is 5.73 Å². The number of hydrogen-bond donors (Lipinski definition) is 1. The molecule has 0 atom stereocenters. The molecule has 1 aliphatic rings. The lowest BCUT2D eigenvalue weighted by Crippen LogP contribution is -2.72. The Balaban J connectivity index is 2.56. The SMILES string of the molecule is CCC(C)(C)C(=O)N1CC(N)(C(C)C)C1. The number of rotatable bonds is 3. The second kappa shape index (κ2) is 3.78. The number of nitrogens with two attached hydrogens (primary N) is 1. The van der Waals surface area contributed by atoms with Gasteiger partial charge in [0.1, 0.15) is 0 Å². The first-order chi connectivity index (χ1) is 6.73. The van der Waals surface area contributed by atoms with E-state index in [-0.39, 0.29) is 16.9 Å². The predicted octanol–water partition coefficient (Wildman–Crippen LogP) is 1.62. The van der Waals surface area contributed by atoms with Crippen LogP contribution in [0.3, 0.4) is 0 Å². The third-order valence-corrected chi connectivity index (χ3v) is 3.87. The number of carbonyl (C=O) groups is 1. The largest absolute Gasteiger partial charge is 0.338 e. The molecule has 1 saturated heterocycles. The van der Waals surface area contributed by atoms with E-state index < -0.39 is 0 Å². The maximum absolute atomic E-state index is 12.1. The first-order valence-electron chi connectivity index (χ1n) is 5.81. The molecule has 0 unspecified atom stereocenters. The Morgan fingerprint density at radius 3 is 2.27 bits per heavy atom. The Morgan fingerprint density at radius 1 is 1.47 bits per heavy atom. The average molecular weight is 212 g/mol. The summed E-state index contributed by atoms with van der Waals surface area (Å²) in [6, 6.07) is 0. The second-order valence-corrected chi connectivity index (χ2v) is 5.79. The highest BCUT2D eigenvalue weighted by atomic mass is 16.2. The highest BCUT2D eigenvalue weighted by molar-refractivity contribution is 5.83. The van der Waals surface area contributed by atoms with Crippen LogP contribution in [-0.2, 0) is 4.79 Å². The lowest BCUT2D eigenvalue weighted by molar-refractivity contribution is -0.149. The number of hydrogen-bond acceptors (Lipinski definition) is 2. The predicted molar refractivity (Wildman–Crippen MR) is 62.4 cm³/mol. The van der Waals surface area contributed by atoms with Crippen molar-refractivity contribution >= 4 is 5.91 Å². The molecule has 0 aromatic rings. The summed E-state index contributed by atoms with van der Waals surface area (Å²) in [5, 5.41) is 0. The van der Waals surface area contributed by atoms with Crippen LogP contribution in [0.2, 0.25) is 0 Å². The molecular weight excluding hydrogens is 188 g/mol. The van der Waals surface area contributed by atoms with Crippen molar-refractivity contribution in [2.45, 2.75) is 46.6 Å². The Bertz CT molecular complexity index is 252. The van der Waals surface area contributed by atoms with Gasteiger partial charge in [0, 0.05) is 18.5 Å². The van der Waals surface area contributed by atoms with Crippen LogP contribution in [0, 0.1) is 11.3 Å². The number of carbonyl (C=O) groups excluding carboxylic acids is 1. The zero-order chi connectivity index (χ0) is 11.9. The minimum absolute atomic E-state index is 0.153. The molecule has 1 rings (SSSR count). The molecule has 1 aliphatic heterocycles. The van der Waals surface area contributed by atoms with Crippen LogP contribution in [0.1, 0.15) is 41.0 Å². The highest BCUT2D eigenvalue weighted by Gasteiger charge is 2.46. The van der Waals surface area contributed by atoms with Crippen LogP contribution in [-0.4, -0.2) is 29.4 Å². The molecular formula is C12H24N2O. The van der Waals surface area contributed by atoms with Gasteiger partial charge < -0.3 is 10.6 Å². The Morgan fingerprint density at radius 2 is 1.93 bits per heavy atom. The van der Waals surface area contributed by atoms with Crippen LogP contribution in [0.25, 0.3) is 0 Å². The molecule has 3 nitrogen and oxygen atoms in total. The van der Waals surface area contributed by atoms with Crippen molar-refractivity contribution in [1.29, 1.82) is 0 Å². The van der Waals surface area contributed by atoms with Crippen LogP contribution < -0.4 is 5.73 Å². The molecule has 88 valence electrons. The fraction of sp³-hybridized carbons (Fsp3) is 0.917. The Hall–Kier alpha value is -0.570. The topological polar surface area (TPSA) is 46.3 Å². The van der Waals surface area contributed by atoms with Gasteiger partial charge in [-0.05, 0) is 12.3 Å². The lowest BCUT2D eigenvalue weighted by atomic mass is 9.78. The van der Waals surface area contributed by atoms with Gasteiger partial charge in [-0.2, -0.15) is 0 Å². The summed E-state index contributed by atoms with van der Waals surface area (Å²) >= 11 is 0. The Labute approximate surface area is 93.0 Å². The number of likely N-dealkylation sites (tertiary alicyclic amines) is 1. The van der Waals surface area contributed by atoms with Gasteiger partial charge in [-0.3, -0.25) is 4.79 Å².